The van der Waals surface area contributed by atoms with Crippen LogP contribution in [-0.4, -0.2) is 65.3 Å². The number of carboxylic acids is 1. The Kier molecular flexibility index (Phi) is 12.7. The van der Waals surface area contributed by atoms with E-state index < -0.39 is 29.2 Å². The van der Waals surface area contributed by atoms with Gasteiger partial charge in [0.2, 0.25) is 0 Å². The van der Waals surface area contributed by atoms with Gasteiger partial charge in [-0.3, -0.25) is 9.08 Å². The summed E-state index contributed by atoms with van der Waals surface area (Å²) < 4.78 is 24.7. The molecule has 43 heavy (non-hydrogen) atoms. The number of carbonyl (C=O) groups excluding carboxylic acids is 1. The van der Waals surface area contributed by atoms with Crippen molar-refractivity contribution in [3.05, 3.63) is 53.1 Å². The maximum Gasteiger partial charge on any atom is 0.407 e. The molecule has 2 unspecified atom stereocenters. The number of aryl methyl sites for hydroxylation is 1. The Balaban J connectivity index is 1.60. The summed E-state index contributed by atoms with van der Waals surface area (Å²) in [5, 5.41) is 12.6. The summed E-state index contributed by atoms with van der Waals surface area (Å²) in [7, 11) is 2.03. The summed E-state index contributed by atoms with van der Waals surface area (Å²) in [5.74, 6) is -0.666. The molecule has 0 spiro atoms. The van der Waals surface area contributed by atoms with E-state index in [1.807, 2.05) is 50.4 Å². The number of ether oxygens (including phenoxy) is 1. The third-order valence-corrected chi connectivity index (χ3v) is 9.79. The van der Waals surface area contributed by atoms with Crippen LogP contribution in [0.4, 0.5) is 16.2 Å². The number of benzene rings is 2. The number of hydrogen-bond acceptors (Lipinski definition) is 7. The van der Waals surface area contributed by atoms with Crippen molar-refractivity contribution >= 4 is 46.1 Å². The molecule has 11 heteroatoms. The number of carboxylic acid groups (broad SMARTS) is 1. The largest absolute Gasteiger partial charge is 0.480 e. The number of likely N-dealkylation sites (N-methyl/N-ethyl adjacent to an activating group) is 1. The van der Waals surface area contributed by atoms with Gasteiger partial charge in [-0.15, -0.1) is 0 Å². The van der Waals surface area contributed by atoms with Crippen LogP contribution >= 0.6 is 11.6 Å². The van der Waals surface area contributed by atoms with Gasteiger partial charge in [0.25, 0.3) is 0 Å². The zero-order valence-electron chi connectivity index (χ0n) is 25.1. The number of anilines is 2. The van der Waals surface area contributed by atoms with Gasteiger partial charge in [-0.25, -0.2) is 13.8 Å². The standard InChI is InChI=1S/C32H44ClN3O6S/c1-3-4-11-18-41-32(39)34-27(31(37)38)17-16-24-19-30-28(20-26(24)33)36(25-14-9-6-10-15-25)21-29(23-12-7-5-8-13-23)35(2)22-42-43(30)40/h6,9-10,14-15,19-20,23,27,29H,3-5,7-8,11-13,16-18,21-22H2,1-2H3,(H,34,39)(H,37,38)/t27?,29-,43?/m0/s1. The molecule has 1 heterocycles. The zero-order valence-corrected chi connectivity index (χ0v) is 26.7. The average molecular weight is 634 g/mol. The van der Waals surface area contributed by atoms with Crippen LogP contribution in [0.1, 0.15) is 70.3 Å². The molecule has 1 saturated carbocycles. The number of carbonyl (C=O) groups is 2. The molecule has 3 atom stereocenters. The number of nitrogens with one attached hydrogen (secondary N) is 1. The number of aliphatic carboxylic acids is 1. The minimum Gasteiger partial charge on any atom is -0.480 e. The first kappa shape index (κ1) is 33.2. The SMILES string of the molecule is CCCCCOC(=O)NC(CCc1cc2c(cc1Cl)N(c1ccccc1)C[C@@H](C1CCCCC1)N(C)COS2=O)C(=O)O. The van der Waals surface area contributed by atoms with E-state index >= 15 is 0 Å². The van der Waals surface area contributed by atoms with E-state index in [1.165, 1.54) is 19.3 Å². The van der Waals surface area contributed by atoms with Crippen LogP contribution < -0.4 is 10.2 Å². The third-order valence-electron chi connectivity index (χ3n) is 8.43. The van der Waals surface area contributed by atoms with Gasteiger partial charge in [-0.1, -0.05) is 68.8 Å². The minimum absolute atomic E-state index is 0.0836. The van der Waals surface area contributed by atoms with Crippen molar-refractivity contribution in [2.24, 2.45) is 5.92 Å². The molecular formula is C32H44ClN3O6S. The number of unbranched alkanes of at least 4 members (excludes halogenated alkanes) is 2. The van der Waals surface area contributed by atoms with Crippen LogP contribution in [0.15, 0.2) is 47.4 Å². The maximum absolute atomic E-state index is 13.6. The molecule has 2 aromatic rings. The Morgan fingerprint density at radius 3 is 2.60 bits per heavy atom. The molecule has 2 N–H and O–H groups in total. The molecule has 9 nitrogen and oxygen atoms in total. The highest BCUT2D eigenvalue weighted by molar-refractivity contribution is 7.80. The molecule has 2 aliphatic rings. The van der Waals surface area contributed by atoms with E-state index in [0.717, 1.165) is 37.8 Å². The molecule has 0 bridgehead atoms. The molecule has 1 aliphatic carbocycles. The van der Waals surface area contributed by atoms with E-state index in [4.69, 9.17) is 20.5 Å². The summed E-state index contributed by atoms with van der Waals surface area (Å²) in [5.41, 5.74) is 2.30. The summed E-state index contributed by atoms with van der Waals surface area (Å²) in [4.78, 5) is 29.0. The van der Waals surface area contributed by atoms with E-state index in [-0.39, 0.29) is 32.2 Å². The lowest BCUT2D eigenvalue weighted by Crippen LogP contribution is -2.46. The van der Waals surface area contributed by atoms with Gasteiger partial charge < -0.3 is 20.1 Å². The van der Waals surface area contributed by atoms with E-state index in [0.29, 0.717) is 33.6 Å². The Morgan fingerprint density at radius 1 is 1.16 bits per heavy atom. The lowest BCUT2D eigenvalue weighted by atomic mass is 9.83. The van der Waals surface area contributed by atoms with Crippen LogP contribution in [-0.2, 0) is 31.2 Å². The molecule has 1 amide bonds. The Hall–Kier alpha value is -2.66. The molecular weight excluding hydrogens is 590 g/mol. The van der Waals surface area contributed by atoms with Gasteiger partial charge in [0.05, 0.1) is 17.2 Å². The smallest absolute Gasteiger partial charge is 0.407 e. The molecule has 0 radical (unpaired) electrons. The third kappa shape index (κ3) is 9.17. The van der Waals surface area contributed by atoms with Gasteiger partial charge in [0.15, 0.2) is 11.1 Å². The monoisotopic (exact) mass is 633 g/mol. The molecule has 2 aromatic carbocycles. The second-order valence-corrected chi connectivity index (χ2v) is 13.0. The predicted octanol–water partition coefficient (Wildman–Crippen LogP) is 6.67. The first-order valence-corrected chi connectivity index (χ1v) is 16.8. The molecule has 1 fully saturated rings. The van der Waals surface area contributed by atoms with Crippen LogP contribution in [0.25, 0.3) is 0 Å². The highest BCUT2D eigenvalue weighted by atomic mass is 35.5. The summed E-state index contributed by atoms with van der Waals surface area (Å²) in [6.07, 6.45) is 8.19. The van der Waals surface area contributed by atoms with Gasteiger partial charge in [0.1, 0.15) is 12.8 Å². The normalized spacial score (nSPS) is 20.8. The molecule has 0 aromatic heterocycles. The fourth-order valence-electron chi connectivity index (χ4n) is 5.97. The number of para-hydroxylation sites is 1. The topological polar surface area (TPSA) is 108 Å². The van der Waals surface area contributed by atoms with Crippen LogP contribution in [0.5, 0.6) is 0 Å². The Labute approximate surface area is 262 Å². The van der Waals surface area contributed by atoms with Crippen LogP contribution in [0.3, 0.4) is 0 Å². The molecule has 0 saturated heterocycles. The van der Waals surface area contributed by atoms with Crippen molar-refractivity contribution in [3.8, 4) is 0 Å². The number of rotatable bonds is 11. The predicted molar refractivity (Wildman–Crippen MR) is 169 cm³/mol. The molecule has 236 valence electrons. The van der Waals surface area contributed by atoms with E-state index in [1.54, 1.807) is 6.07 Å². The quantitative estimate of drug-likeness (QED) is 0.264. The van der Waals surface area contributed by atoms with Gasteiger partial charge >= 0.3 is 12.1 Å². The van der Waals surface area contributed by atoms with Crippen LogP contribution in [0.2, 0.25) is 5.02 Å². The molecule has 1 aliphatic heterocycles. The number of fused-ring (bicyclic) bond motifs is 1. The van der Waals surface area contributed by atoms with E-state index in [9.17, 15) is 18.9 Å². The van der Waals surface area contributed by atoms with Gasteiger partial charge in [-0.2, -0.15) is 0 Å². The van der Waals surface area contributed by atoms with Crippen molar-refractivity contribution in [1.82, 2.24) is 10.2 Å². The summed E-state index contributed by atoms with van der Waals surface area (Å²) >= 11 is 5.05. The first-order chi connectivity index (χ1) is 20.8. The lowest BCUT2D eigenvalue weighted by molar-refractivity contribution is -0.139. The lowest BCUT2D eigenvalue weighted by Gasteiger charge is -2.39. The second kappa shape index (κ2) is 16.4. The van der Waals surface area contributed by atoms with Crippen LogP contribution in [0, 0.1) is 5.92 Å². The highest BCUT2D eigenvalue weighted by Gasteiger charge is 2.33. The average Bonchev–Trinajstić information content (AvgIpc) is 3.06. The summed E-state index contributed by atoms with van der Waals surface area (Å²) in [6.45, 7) is 3.19. The summed E-state index contributed by atoms with van der Waals surface area (Å²) in [6, 6.07) is 12.6. The van der Waals surface area contributed by atoms with E-state index in [2.05, 4.69) is 15.1 Å². The molecule has 4 rings (SSSR count). The van der Waals surface area contributed by atoms with Crippen molar-refractivity contribution in [2.75, 3.05) is 31.8 Å². The number of hydrogen-bond donors (Lipinski definition) is 2. The second-order valence-electron chi connectivity index (χ2n) is 11.5. The zero-order chi connectivity index (χ0) is 30.8. The fraction of sp³-hybridized carbons (Fsp3) is 0.562. The maximum atomic E-state index is 13.6. The number of alkyl carbamates (subject to hydrolysis) is 1. The minimum atomic E-state index is -1.79. The van der Waals surface area contributed by atoms with Gasteiger partial charge in [-0.05, 0) is 74.9 Å². The van der Waals surface area contributed by atoms with Crippen molar-refractivity contribution < 1.29 is 27.8 Å². The van der Waals surface area contributed by atoms with Gasteiger partial charge in [0, 0.05) is 23.3 Å². The van der Waals surface area contributed by atoms with Crippen molar-refractivity contribution in [1.29, 1.82) is 0 Å². The van der Waals surface area contributed by atoms with Crippen molar-refractivity contribution in [2.45, 2.75) is 88.1 Å². The Bertz CT molecular complexity index is 1240. The number of nitrogens with zero attached hydrogens (tertiary/aromatic N) is 2. The van der Waals surface area contributed by atoms with Crippen molar-refractivity contribution in [3.63, 3.8) is 0 Å². The number of halogens is 1. The fourth-order valence-corrected chi connectivity index (χ4v) is 7.19. The first-order valence-electron chi connectivity index (χ1n) is 15.3. The highest BCUT2D eigenvalue weighted by Crippen LogP contribution is 2.39. The number of amides is 1. The Morgan fingerprint density at radius 2 is 1.91 bits per heavy atom.